The summed E-state index contributed by atoms with van der Waals surface area (Å²) in [6, 6.07) is 19.2. The van der Waals surface area contributed by atoms with Crippen LogP contribution in [0.5, 0.6) is 0 Å². The highest BCUT2D eigenvalue weighted by Gasteiger charge is 2.21. The molecule has 0 unspecified atom stereocenters. The maximum absolute atomic E-state index is 11.2. The molecule has 0 atom stereocenters. The number of aromatic nitrogens is 4. The van der Waals surface area contributed by atoms with E-state index in [4.69, 9.17) is 29.1 Å². The number of carboxylic acids is 4. The fraction of sp³-hybridized carbons (Fsp3) is 0.450. The molecule has 0 aliphatic carbocycles. The summed E-state index contributed by atoms with van der Waals surface area (Å²) in [7, 11) is 0. The first-order valence-corrected chi connectivity index (χ1v) is 18.8. The highest BCUT2D eigenvalue weighted by Crippen LogP contribution is 2.27. The van der Waals surface area contributed by atoms with Gasteiger partial charge in [0.15, 0.2) is 0 Å². The Bertz CT molecular complexity index is 1750. The van der Waals surface area contributed by atoms with E-state index in [-0.39, 0.29) is 26.3 Å². The molecule has 2 aromatic heterocycles. The third kappa shape index (κ3) is 14.8. The predicted molar refractivity (Wildman–Crippen MR) is 209 cm³/mol. The first-order chi connectivity index (χ1) is 27.9. The van der Waals surface area contributed by atoms with Crippen LogP contribution in [0.3, 0.4) is 0 Å². The minimum atomic E-state index is -1.11. The molecule has 0 amide bonds. The first kappa shape index (κ1) is 45.2. The molecule has 2 heterocycles. The van der Waals surface area contributed by atoms with Crippen molar-refractivity contribution in [3.8, 4) is 22.5 Å². The van der Waals surface area contributed by atoms with Crippen molar-refractivity contribution in [2.45, 2.75) is 40.2 Å². The average Bonchev–Trinajstić information content (AvgIpc) is 3.67. The van der Waals surface area contributed by atoms with Gasteiger partial charge in [-0.05, 0) is 13.8 Å². The zero-order chi connectivity index (χ0) is 41.9. The van der Waals surface area contributed by atoms with Crippen molar-refractivity contribution in [2.24, 2.45) is 0 Å². The van der Waals surface area contributed by atoms with Gasteiger partial charge < -0.3 is 39.4 Å². The molecule has 0 saturated heterocycles. The third-order valence-electron chi connectivity index (χ3n) is 9.06. The molecule has 0 bridgehead atoms. The van der Waals surface area contributed by atoms with Crippen molar-refractivity contribution >= 4 is 23.9 Å². The molecule has 0 aliphatic heterocycles. The van der Waals surface area contributed by atoms with E-state index in [2.05, 4.69) is 0 Å². The highest BCUT2D eigenvalue weighted by atomic mass is 16.6. The van der Waals surface area contributed by atoms with Crippen LogP contribution in [0, 0.1) is 13.8 Å². The van der Waals surface area contributed by atoms with Gasteiger partial charge in [-0.25, -0.2) is 0 Å². The molecule has 2 aromatic carbocycles. The van der Waals surface area contributed by atoms with Crippen LogP contribution in [0.1, 0.15) is 22.5 Å². The second-order valence-electron chi connectivity index (χ2n) is 13.3. The largest absolute Gasteiger partial charge is 0.480 e. The molecule has 58 heavy (non-hydrogen) atoms. The molecule has 4 N–H and O–H groups in total. The minimum absolute atomic E-state index is 0.189. The summed E-state index contributed by atoms with van der Waals surface area (Å²) in [5.41, 5.74) is 6.66. The van der Waals surface area contributed by atoms with Crippen LogP contribution in [0.2, 0.25) is 0 Å². The van der Waals surface area contributed by atoms with Gasteiger partial charge in [-0.15, -0.1) is 0 Å². The Labute approximate surface area is 336 Å². The Morgan fingerprint density at radius 2 is 0.828 bits per heavy atom. The van der Waals surface area contributed by atoms with Crippen LogP contribution in [-0.4, -0.2) is 153 Å². The van der Waals surface area contributed by atoms with Gasteiger partial charge in [0.05, 0.1) is 104 Å². The normalized spacial score (nSPS) is 11.4. The molecular formula is C40H52N6O12. The first-order valence-electron chi connectivity index (χ1n) is 18.8. The molecule has 0 saturated carbocycles. The van der Waals surface area contributed by atoms with Crippen LogP contribution in [0.15, 0.2) is 60.7 Å². The minimum Gasteiger partial charge on any atom is -0.480 e. The lowest BCUT2D eigenvalue weighted by atomic mass is 10.1. The summed E-state index contributed by atoms with van der Waals surface area (Å²) in [5.74, 6) is -4.42. The van der Waals surface area contributed by atoms with E-state index in [1.165, 1.54) is 9.80 Å². The topological polar surface area (TPSA) is 228 Å². The molecule has 18 heteroatoms. The summed E-state index contributed by atoms with van der Waals surface area (Å²) in [6.45, 7) is 5.75. The van der Waals surface area contributed by atoms with Crippen molar-refractivity contribution < 1.29 is 58.6 Å². The zero-order valence-electron chi connectivity index (χ0n) is 32.8. The maximum atomic E-state index is 11.2. The summed E-state index contributed by atoms with van der Waals surface area (Å²) < 4.78 is 26.8. The van der Waals surface area contributed by atoms with Gasteiger partial charge >= 0.3 is 23.9 Å². The van der Waals surface area contributed by atoms with Crippen LogP contribution in [0.4, 0.5) is 0 Å². The van der Waals surface area contributed by atoms with Gasteiger partial charge in [-0.3, -0.25) is 38.3 Å². The number of rotatable bonds is 29. The van der Waals surface area contributed by atoms with Crippen LogP contribution >= 0.6 is 0 Å². The molecule has 4 rings (SSSR count). The molecule has 314 valence electrons. The standard InChI is InChI=1S/C40H52N6O12/c1-29-33(39(31-9-5-3-6-10-31)41-45(29)15-13-43(23-35(47)48)24-36(49)50)27-57-21-19-55-17-18-56-20-22-58-28-34-30(2)46(42-40(34)32-11-7-4-8-12-32)16-14-44(25-37(51)52)26-38(53)54/h3-12H,13-28H2,1-2H3,(H,47,48)(H,49,50)(H,51,52)(H,53,54). The number of benzene rings is 2. The fourth-order valence-corrected chi connectivity index (χ4v) is 6.18. The number of aliphatic carboxylic acids is 4. The van der Waals surface area contributed by atoms with E-state index in [0.29, 0.717) is 52.7 Å². The van der Waals surface area contributed by atoms with Crippen molar-refractivity contribution in [3.63, 3.8) is 0 Å². The fourth-order valence-electron chi connectivity index (χ4n) is 6.18. The molecule has 4 aromatic rings. The van der Waals surface area contributed by atoms with Gasteiger partial charge in [0, 0.05) is 46.7 Å². The highest BCUT2D eigenvalue weighted by molar-refractivity contribution is 5.73. The number of carbonyl (C=O) groups is 4. The van der Waals surface area contributed by atoms with E-state index in [0.717, 1.165) is 45.0 Å². The van der Waals surface area contributed by atoms with Crippen molar-refractivity contribution in [1.29, 1.82) is 0 Å². The summed E-state index contributed by atoms with van der Waals surface area (Å²) in [6.07, 6.45) is 0. The van der Waals surface area contributed by atoms with E-state index in [9.17, 15) is 39.6 Å². The number of hydrogen-bond acceptors (Lipinski definition) is 12. The van der Waals surface area contributed by atoms with Crippen molar-refractivity contribution in [2.75, 3.05) is 78.9 Å². The average molecular weight is 809 g/mol. The maximum Gasteiger partial charge on any atom is 0.317 e. The van der Waals surface area contributed by atoms with Crippen LogP contribution in [0.25, 0.3) is 22.5 Å². The van der Waals surface area contributed by atoms with Crippen LogP contribution in [-0.2, 0) is 64.4 Å². The molecule has 0 radical (unpaired) electrons. The summed E-state index contributed by atoms with van der Waals surface area (Å²) in [5, 5.41) is 46.3. The Kier molecular flexibility index (Phi) is 18.4. The number of hydrogen-bond donors (Lipinski definition) is 4. The molecule has 0 spiro atoms. The molecular weight excluding hydrogens is 756 g/mol. The zero-order valence-corrected chi connectivity index (χ0v) is 32.8. The lowest BCUT2D eigenvalue weighted by molar-refractivity contribution is -0.143. The quantitative estimate of drug-likeness (QED) is 0.0578. The van der Waals surface area contributed by atoms with Gasteiger partial charge in [0.2, 0.25) is 0 Å². The second kappa shape index (κ2) is 23.7. The van der Waals surface area contributed by atoms with E-state index >= 15 is 0 Å². The molecule has 18 nitrogen and oxygen atoms in total. The Hall–Kier alpha value is -5.50. The predicted octanol–water partition coefficient (Wildman–Crippen LogP) is 2.74. The van der Waals surface area contributed by atoms with Crippen LogP contribution < -0.4 is 0 Å². The second-order valence-corrected chi connectivity index (χ2v) is 13.3. The molecule has 0 fully saturated rings. The monoisotopic (exact) mass is 808 g/mol. The number of carboxylic acid groups (broad SMARTS) is 4. The SMILES string of the molecule is Cc1c(COCCOCCOCCOCc2c(-c3ccccc3)nn(CCN(CC(=O)O)CC(=O)O)c2C)c(-c2ccccc2)nn1CCN(CC(=O)O)CC(=O)O. The van der Waals surface area contributed by atoms with Gasteiger partial charge in [0.25, 0.3) is 0 Å². The van der Waals surface area contributed by atoms with E-state index in [1.807, 2.05) is 74.5 Å². The van der Waals surface area contributed by atoms with Crippen molar-refractivity contribution in [3.05, 3.63) is 83.2 Å². The van der Waals surface area contributed by atoms with Gasteiger partial charge in [-0.2, -0.15) is 10.2 Å². The Balaban J connectivity index is 1.19. The van der Waals surface area contributed by atoms with Gasteiger partial charge in [-0.1, -0.05) is 60.7 Å². The van der Waals surface area contributed by atoms with Gasteiger partial charge in [0.1, 0.15) is 0 Å². The Morgan fingerprint density at radius 3 is 1.14 bits per heavy atom. The summed E-state index contributed by atoms with van der Waals surface area (Å²) in [4.78, 5) is 47.7. The van der Waals surface area contributed by atoms with E-state index in [1.54, 1.807) is 9.36 Å². The lowest BCUT2D eigenvalue weighted by Crippen LogP contribution is -2.37. The lowest BCUT2D eigenvalue weighted by Gasteiger charge is -2.18. The van der Waals surface area contributed by atoms with Crippen molar-refractivity contribution in [1.82, 2.24) is 29.4 Å². The van der Waals surface area contributed by atoms with E-state index < -0.39 is 50.1 Å². The molecule has 0 aliphatic rings. The third-order valence-corrected chi connectivity index (χ3v) is 9.06. The smallest absolute Gasteiger partial charge is 0.317 e. The summed E-state index contributed by atoms with van der Waals surface area (Å²) >= 11 is 0. The number of ether oxygens (including phenoxy) is 4. The number of nitrogens with zero attached hydrogens (tertiary/aromatic N) is 6. The Morgan fingerprint density at radius 1 is 0.517 bits per heavy atom.